The van der Waals surface area contributed by atoms with Crippen molar-refractivity contribution in [1.29, 1.82) is 0 Å². The molecule has 0 fully saturated rings. The average molecular weight is 337 g/mol. The van der Waals surface area contributed by atoms with E-state index in [1.165, 1.54) is 4.52 Å². The Bertz CT molecular complexity index is 1010. The number of pyridine rings is 1. The summed E-state index contributed by atoms with van der Waals surface area (Å²) in [6.07, 6.45) is -1.70. The van der Waals surface area contributed by atoms with Crippen molar-refractivity contribution in [2.45, 2.75) is 16.4 Å². The van der Waals surface area contributed by atoms with Gasteiger partial charge >= 0.3 is 6.18 Å². The zero-order valence-corrected chi connectivity index (χ0v) is 12.0. The Kier molecular flexibility index (Phi) is 2.98. The summed E-state index contributed by atoms with van der Waals surface area (Å²) < 4.78 is 41.8. The number of hydrogen-bond acceptors (Lipinski definition) is 6. The lowest BCUT2D eigenvalue weighted by Crippen LogP contribution is -2.10. The molecule has 0 aliphatic carbocycles. The molecular formula is C12H6F3N7S. The van der Waals surface area contributed by atoms with Gasteiger partial charge in [0.05, 0.1) is 0 Å². The van der Waals surface area contributed by atoms with Gasteiger partial charge in [-0.3, -0.25) is 4.40 Å². The van der Waals surface area contributed by atoms with E-state index in [0.29, 0.717) is 10.8 Å². The predicted molar refractivity (Wildman–Crippen MR) is 72.9 cm³/mol. The molecule has 4 rings (SSSR count). The highest BCUT2D eigenvalue weighted by Crippen LogP contribution is 2.33. The van der Waals surface area contributed by atoms with Crippen LogP contribution in [0, 0.1) is 0 Å². The Balaban J connectivity index is 1.86. The minimum absolute atomic E-state index is 0.129. The third kappa shape index (κ3) is 2.38. The van der Waals surface area contributed by atoms with Crippen molar-refractivity contribution >= 4 is 23.2 Å². The Hall–Kier alpha value is -2.69. The van der Waals surface area contributed by atoms with E-state index in [0.717, 1.165) is 24.2 Å². The smallest absolute Gasteiger partial charge is 0.277 e. The Morgan fingerprint density at radius 3 is 2.83 bits per heavy atom. The largest absolute Gasteiger partial charge is 0.433 e. The van der Waals surface area contributed by atoms with Crippen LogP contribution < -0.4 is 0 Å². The summed E-state index contributed by atoms with van der Waals surface area (Å²) in [7, 11) is 0. The van der Waals surface area contributed by atoms with Gasteiger partial charge in [0.2, 0.25) is 5.16 Å². The van der Waals surface area contributed by atoms with E-state index >= 15 is 0 Å². The van der Waals surface area contributed by atoms with Crippen molar-refractivity contribution in [1.82, 2.24) is 34.2 Å². The predicted octanol–water partition coefficient (Wildman–Crippen LogP) is 2.34. The van der Waals surface area contributed by atoms with Crippen LogP contribution in [0.15, 0.2) is 47.0 Å². The molecule has 0 aromatic carbocycles. The normalized spacial score (nSPS) is 12.3. The summed E-state index contributed by atoms with van der Waals surface area (Å²) in [6, 6.07) is 6.23. The summed E-state index contributed by atoms with van der Waals surface area (Å²) in [6.45, 7) is 0. The van der Waals surface area contributed by atoms with E-state index < -0.39 is 11.9 Å². The first kappa shape index (κ1) is 13.9. The Morgan fingerprint density at radius 1 is 1.13 bits per heavy atom. The van der Waals surface area contributed by atoms with Gasteiger partial charge in [0.1, 0.15) is 11.4 Å². The van der Waals surface area contributed by atoms with Crippen LogP contribution in [-0.2, 0) is 6.18 Å². The molecule has 0 saturated carbocycles. The van der Waals surface area contributed by atoms with Crippen molar-refractivity contribution in [2.24, 2.45) is 0 Å². The highest BCUT2D eigenvalue weighted by atomic mass is 32.2. The lowest BCUT2D eigenvalue weighted by atomic mass is 10.4. The topological polar surface area (TPSA) is 73.3 Å². The molecule has 7 nitrogen and oxygen atoms in total. The lowest BCUT2D eigenvalue weighted by molar-refractivity contribution is -0.141. The van der Waals surface area contributed by atoms with Crippen molar-refractivity contribution in [3.05, 3.63) is 42.5 Å². The number of nitrogens with zero attached hydrogens (tertiary/aromatic N) is 7. The first-order valence-electron chi connectivity index (χ1n) is 6.28. The van der Waals surface area contributed by atoms with Crippen LogP contribution in [-0.4, -0.2) is 34.2 Å². The molecule has 4 heterocycles. The molecule has 0 atom stereocenters. The molecule has 4 aromatic rings. The number of fused-ring (bicyclic) bond motifs is 2. The van der Waals surface area contributed by atoms with E-state index in [-0.39, 0.29) is 10.8 Å². The van der Waals surface area contributed by atoms with Crippen molar-refractivity contribution in [3.63, 3.8) is 0 Å². The van der Waals surface area contributed by atoms with E-state index in [1.54, 1.807) is 28.8 Å². The third-order valence-electron chi connectivity index (χ3n) is 2.99. The average Bonchev–Trinajstić information content (AvgIpc) is 3.13. The molecule has 23 heavy (non-hydrogen) atoms. The molecule has 0 N–H and O–H groups in total. The van der Waals surface area contributed by atoms with Crippen LogP contribution in [0.25, 0.3) is 11.4 Å². The molecule has 0 bridgehead atoms. The maximum Gasteiger partial charge on any atom is 0.433 e. The minimum Gasteiger partial charge on any atom is -0.277 e. The van der Waals surface area contributed by atoms with Crippen molar-refractivity contribution < 1.29 is 13.2 Å². The number of alkyl halides is 3. The summed E-state index contributed by atoms with van der Waals surface area (Å²) in [5.41, 5.74) is -0.441. The molecule has 11 heteroatoms. The van der Waals surface area contributed by atoms with Crippen LogP contribution in [0.3, 0.4) is 0 Å². The van der Waals surface area contributed by atoms with Gasteiger partial charge in [-0.25, -0.2) is 4.98 Å². The van der Waals surface area contributed by atoms with Gasteiger partial charge in [-0.1, -0.05) is 6.07 Å². The van der Waals surface area contributed by atoms with Gasteiger partial charge in [0.15, 0.2) is 11.3 Å². The molecule has 0 amide bonds. The maximum atomic E-state index is 13.0. The number of halogens is 3. The maximum absolute atomic E-state index is 13.0. The molecule has 0 radical (unpaired) electrons. The van der Waals surface area contributed by atoms with Crippen LogP contribution in [0.4, 0.5) is 13.2 Å². The summed E-state index contributed by atoms with van der Waals surface area (Å²) in [4.78, 5) is 7.20. The molecule has 0 aliphatic heterocycles. The lowest BCUT2D eigenvalue weighted by Gasteiger charge is -2.08. The van der Waals surface area contributed by atoms with Gasteiger partial charge in [-0.05, 0) is 23.9 Å². The quantitative estimate of drug-likeness (QED) is 0.523. The van der Waals surface area contributed by atoms with E-state index in [4.69, 9.17) is 0 Å². The second-order valence-corrected chi connectivity index (χ2v) is 5.45. The minimum atomic E-state index is -4.57. The van der Waals surface area contributed by atoms with Gasteiger partial charge < -0.3 is 0 Å². The molecular weight excluding hydrogens is 331 g/mol. The number of rotatable bonds is 2. The van der Waals surface area contributed by atoms with Crippen molar-refractivity contribution in [3.8, 4) is 0 Å². The third-order valence-corrected chi connectivity index (χ3v) is 3.95. The van der Waals surface area contributed by atoms with Gasteiger partial charge in [0.25, 0.3) is 5.78 Å². The monoisotopic (exact) mass is 337 g/mol. The van der Waals surface area contributed by atoms with Gasteiger partial charge in [0, 0.05) is 12.3 Å². The summed E-state index contributed by atoms with van der Waals surface area (Å²) >= 11 is 0.998. The fraction of sp³-hybridized carbons (Fsp3) is 0.0833. The van der Waals surface area contributed by atoms with Gasteiger partial charge in [-0.15, -0.1) is 10.2 Å². The fourth-order valence-corrected chi connectivity index (χ4v) is 2.89. The first-order chi connectivity index (χ1) is 11.0. The highest BCUT2D eigenvalue weighted by molar-refractivity contribution is 7.99. The van der Waals surface area contributed by atoms with Crippen LogP contribution in [0.5, 0.6) is 0 Å². The molecule has 116 valence electrons. The molecule has 0 unspecified atom stereocenters. The summed E-state index contributed by atoms with van der Waals surface area (Å²) in [5, 5.41) is 12.5. The second kappa shape index (κ2) is 4.91. The second-order valence-electron chi connectivity index (χ2n) is 4.46. The zero-order chi connectivity index (χ0) is 16.0. The highest BCUT2D eigenvalue weighted by Gasteiger charge is 2.34. The van der Waals surface area contributed by atoms with E-state index in [1.807, 2.05) is 0 Å². The van der Waals surface area contributed by atoms with Crippen molar-refractivity contribution in [2.75, 3.05) is 0 Å². The standard InChI is InChI=1S/C12H6F3N7S/c13-12(14,15)7-5-9(22-10(18-7)16-6-17-22)23-11-20-19-8-3-1-2-4-21(8)11/h1-6H. The SMILES string of the molecule is FC(F)(F)c1cc(Sc2nnc3ccccn23)n2ncnc2n1. The van der Waals surface area contributed by atoms with E-state index in [2.05, 4.69) is 25.3 Å². The zero-order valence-electron chi connectivity index (χ0n) is 11.1. The first-order valence-corrected chi connectivity index (χ1v) is 7.09. The Labute approximate surface area is 130 Å². The summed E-state index contributed by atoms with van der Waals surface area (Å²) in [5.74, 6) is -0.129. The van der Waals surface area contributed by atoms with Crippen LogP contribution >= 0.6 is 11.8 Å². The van der Waals surface area contributed by atoms with Crippen LogP contribution in [0.2, 0.25) is 0 Å². The van der Waals surface area contributed by atoms with Crippen LogP contribution in [0.1, 0.15) is 5.69 Å². The van der Waals surface area contributed by atoms with E-state index in [9.17, 15) is 13.2 Å². The molecule has 0 spiro atoms. The Morgan fingerprint density at radius 2 is 2.00 bits per heavy atom. The molecule has 4 aromatic heterocycles. The molecule has 0 aliphatic rings. The van der Waals surface area contributed by atoms with Gasteiger partial charge in [-0.2, -0.15) is 27.8 Å². The number of hydrogen-bond donors (Lipinski definition) is 0. The number of aromatic nitrogens is 7. The molecule has 0 saturated heterocycles. The fourth-order valence-electron chi connectivity index (χ4n) is 1.99.